The molecule has 0 amide bonds. The summed E-state index contributed by atoms with van der Waals surface area (Å²) in [4.78, 5) is 0. The molecule has 3 nitrogen and oxygen atoms in total. The average molecular weight is 255 g/mol. The van der Waals surface area contributed by atoms with E-state index in [1.165, 1.54) is 0 Å². The maximum absolute atomic E-state index is 12.1. The van der Waals surface area contributed by atoms with Gasteiger partial charge in [-0.05, 0) is 38.3 Å². The van der Waals surface area contributed by atoms with Crippen LogP contribution in [0.5, 0.6) is 0 Å². The molecule has 2 unspecified atom stereocenters. The second kappa shape index (κ2) is 5.65. The number of sulfone groups is 1. The first-order valence-corrected chi connectivity index (χ1v) is 7.56. The number of aryl methyl sites for hydroxylation is 1. The molecule has 96 valence electrons. The Bertz CT molecular complexity index is 466. The van der Waals surface area contributed by atoms with Crippen LogP contribution in [0.1, 0.15) is 31.4 Å². The predicted molar refractivity (Wildman–Crippen MR) is 71.5 cm³/mol. The minimum absolute atomic E-state index is 0.0864. The summed E-state index contributed by atoms with van der Waals surface area (Å²) in [6.45, 7) is 5.50. The molecule has 1 rings (SSSR count). The van der Waals surface area contributed by atoms with E-state index in [1.54, 1.807) is 6.92 Å². The first-order valence-electron chi connectivity index (χ1n) is 5.84. The highest BCUT2D eigenvalue weighted by Gasteiger charge is 2.22. The third-order valence-electron chi connectivity index (χ3n) is 2.93. The first kappa shape index (κ1) is 14.2. The van der Waals surface area contributed by atoms with Gasteiger partial charge in [-0.1, -0.05) is 24.3 Å². The molecule has 0 spiro atoms. The van der Waals surface area contributed by atoms with E-state index in [1.807, 2.05) is 38.1 Å². The molecular weight excluding hydrogens is 234 g/mol. The van der Waals surface area contributed by atoms with Gasteiger partial charge in [-0.15, -0.1) is 0 Å². The van der Waals surface area contributed by atoms with Gasteiger partial charge in [-0.25, -0.2) is 8.42 Å². The van der Waals surface area contributed by atoms with E-state index < -0.39 is 9.84 Å². The Morgan fingerprint density at radius 3 is 2.35 bits per heavy atom. The molecule has 4 heteroatoms. The van der Waals surface area contributed by atoms with Crippen molar-refractivity contribution in [3.8, 4) is 0 Å². The van der Waals surface area contributed by atoms with E-state index >= 15 is 0 Å². The van der Waals surface area contributed by atoms with Crippen molar-refractivity contribution in [1.29, 1.82) is 0 Å². The zero-order valence-corrected chi connectivity index (χ0v) is 11.5. The lowest BCUT2D eigenvalue weighted by molar-refractivity contribution is 0.562. The van der Waals surface area contributed by atoms with Gasteiger partial charge in [-0.2, -0.15) is 0 Å². The fraction of sp³-hybridized carbons (Fsp3) is 0.538. The zero-order chi connectivity index (χ0) is 13.1. The topological polar surface area (TPSA) is 60.2 Å². The second-order valence-corrected chi connectivity index (χ2v) is 7.18. The molecule has 0 saturated carbocycles. The van der Waals surface area contributed by atoms with Crippen molar-refractivity contribution in [3.63, 3.8) is 0 Å². The number of hydrogen-bond donors (Lipinski definition) is 1. The fourth-order valence-electron chi connectivity index (χ4n) is 1.80. The van der Waals surface area contributed by atoms with E-state index in [4.69, 9.17) is 5.73 Å². The Hall–Kier alpha value is -0.870. The number of nitrogens with two attached hydrogens (primary N) is 1. The predicted octanol–water partition coefficient (Wildman–Crippen LogP) is 2.04. The summed E-state index contributed by atoms with van der Waals surface area (Å²) >= 11 is 0. The molecule has 17 heavy (non-hydrogen) atoms. The largest absolute Gasteiger partial charge is 0.328 e. The molecule has 1 aromatic carbocycles. The second-order valence-electron chi connectivity index (χ2n) is 4.76. The molecule has 2 atom stereocenters. The lowest BCUT2D eigenvalue weighted by Crippen LogP contribution is -2.28. The van der Waals surface area contributed by atoms with Gasteiger partial charge in [0.1, 0.15) is 0 Å². The fourth-order valence-corrected chi connectivity index (χ4v) is 3.44. The highest BCUT2D eigenvalue weighted by atomic mass is 32.2. The van der Waals surface area contributed by atoms with Crippen LogP contribution in [0.3, 0.4) is 0 Å². The van der Waals surface area contributed by atoms with Gasteiger partial charge in [0.25, 0.3) is 0 Å². The number of rotatable bonds is 5. The molecule has 0 aliphatic heterocycles. The molecule has 0 radical (unpaired) electrons. The lowest BCUT2D eigenvalue weighted by Gasteiger charge is -2.15. The van der Waals surface area contributed by atoms with Crippen molar-refractivity contribution in [1.82, 2.24) is 0 Å². The van der Waals surface area contributed by atoms with Gasteiger partial charge in [0.15, 0.2) is 9.84 Å². The number of hydrogen-bond acceptors (Lipinski definition) is 3. The van der Waals surface area contributed by atoms with E-state index in [0.717, 1.165) is 11.1 Å². The summed E-state index contributed by atoms with van der Waals surface area (Å²) in [6, 6.07) is 7.49. The van der Waals surface area contributed by atoms with Crippen molar-refractivity contribution in [3.05, 3.63) is 35.4 Å². The minimum Gasteiger partial charge on any atom is -0.328 e. The van der Waals surface area contributed by atoms with E-state index in [0.29, 0.717) is 6.42 Å². The van der Waals surface area contributed by atoms with Crippen LogP contribution < -0.4 is 5.73 Å². The number of benzene rings is 1. The molecule has 0 fully saturated rings. The molecule has 0 bridgehead atoms. The molecule has 0 heterocycles. The summed E-state index contributed by atoms with van der Waals surface area (Å²) < 4.78 is 24.3. The Balaban J connectivity index is 2.84. The average Bonchev–Trinajstić information content (AvgIpc) is 2.20. The molecule has 0 aliphatic carbocycles. The van der Waals surface area contributed by atoms with Crippen LogP contribution >= 0.6 is 0 Å². The van der Waals surface area contributed by atoms with Crippen LogP contribution in [0.4, 0.5) is 0 Å². The summed E-state index contributed by atoms with van der Waals surface area (Å²) in [5, 5.41) is -0.387. The Morgan fingerprint density at radius 2 is 1.82 bits per heavy atom. The lowest BCUT2D eigenvalue weighted by atomic mass is 10.1. The summed E-state index contributed by atoms with van der Waals surface area (Å²) in [6.07, 6.45) is 0.508. The quantitative estimate of drug-likeness (QED) is 0.876. The van der Waals surface area contributed by atoms with Crippen LogP contribution in [0.2, 0.25) is 0 Å². The molecule has 0 aliphatic rings. The Labute approximate surface area is 104 Å². The maximum atomic E-state index is 12.1. The van der Waals surface area contributed by atoms with E-state index in [9.17, 15) is 8.42 Å². The summed E-state index contributed by atoms with van der Waals surface area (Å²) in [5.41, 5.74) is 7.55. The SMILES string of the molecule is Cc1ccccc1CS(=O)(=O)C(C)CC(C)N. The monoisotopic (exact) mass is 255 g/mol. The summed E-state index contributed by atoms with van der Waals surface area (Å²) in [5.74, 6) is 0.105. The van der Waals surface area contributed by atoms with Crippen molar-refractivity contribution in [2.75, 3.05) is 0 Å². The normalized spacial score (nSPS) is 15.5. The van der Waals surface area contributed by atoms with Gasteiger partial charge in [-0.3, -0.25) is 0 Å². The van der Waals surface area contributed by atoms with Gasteiger partial charge >= 0.3 is 0 Å². The molecule has 0 saturated heterocycles. The van der Waals surface area contributed by atoms with Crippen molar-refractivity contribution in [2.45, 2.75) is 44.2 Å². The van der Waals surface area contributed by atoms with Crippen LogP contribution in [-0.2, 0) is 15.6 Å². The van der Waals surface area contributed by atoms with Gasteiger partial charge in [0.05, 0.1) is 11.0 Å². The van der Waals surface area contributed by atoms with Gasteiger partial charge in [0.2, 0.25) is 0 Å². The van der Waals surface area contributed by atoms with Crippen LogP contribution in [0, 0.1) is 6.92 Å². The maximum Gasteiger partial charge on any atom is 0.157 e. The standard InChI is InChI=1S/C13H21NO2S/c1-10-6-4-5-7-13(10)9-17(15,16)12(3)8-11(2)14/h4-7,11-12H,8-9,14H2,1-3H3. The van der Waals surface area contributed by atoms with Gasteiger partial charge < -0.3 is 5.73 Å². The highest BCUT2D eigenvalue weighted by Crippen LogP contribution is 2.17. The highest BCUT2D eigenvalue weighted by molar-refractivity contribution is 7.91. The van der Waals surface area contributed by atoms with Crippen molar-refractivity contribution in [2.24, 2.45) is 5.73 Å². The first-order chi connectivity index (χ1) is 7.83. The Kier molecular flexibility index (Phi) is 4.71. The van der Waals surface area contributed by atoms with Crippen LogP contribution in [0.15, 0.2) is 24.3 Å². The Morgan fingerprint density at radius 1 is 1.24 bits per heavy atom. The minimum atomic E-state index is -3.11. The zero-order valence-electron chi connectivity index (χ0n) is 10.7. The van der Waals surface area contributed by atoms with Crippen molar-refractivity contribution < 1.29 is 8.42 Å². The van der Waals surface area contributed by atoms with Crippen LogP contribution in [0.25, 0.3) is 0 Å². The molecule has 1 aromatic rings. The third kappa shape index (κ3) is 4.13. The summed E-state index contributed by atoms with van der Waals surface area (Å²) in [7, 11) is -3.11. The van der Waals surface area contributed by atoms with E-state index in [-0.39, 0.29) is 17.0 Å². The van der Waals surface area contributed by atoms with E-state index in [2.05, 4.69) is 0 Å². The van der Waals surface area contributed by atoms with Crippen LogP contribution in [-0.4, -0.2) is 19.7 Å². The molecule has 2 N–H and O–H groups in total. The van der Waals surface area contributed by atoms with Crippen molar-refractivity contribution >= 4 is 9.84 Å². The third-order valence-corrected chi connectivity index (χ3v) is 5.07. The molecule has 0 aromatic heterocycles. The van der Waals surface area contributed by atoms with Gasteiger partial charge in [0, 0.05) is 6.04 Å². The smallest absolute Gasteiger partial charge is 0.157 e. The molecular formula is C13H21NO2S.